The molecule has 0 N–H and O–H groups in total. The number of hydrogen-bond donors (Lipinski definition) is 0. The largest absolute Gasteiger partial charge is 0.353 e. The van der Waals surface area contributed by atoms with Gasteiger partial charge in [0.25, 0.3) is 0 Å². The monoisotopic (exact) mass is 328 g/mol. The SMILES string of the molecule is CCOP(=O)(C=CCCP(=O)(OCC)OCC)OCC. The summed E-state index contributed by atoms with van der Waals surface area (Å²) in [4.78, 5) is 0. The van der Waals surface area contributed by atoms with E-state index in [0.717, 1.165) is 0 Å². The molecule has 0 fully saturated rings. The summed E-state index contributed by atoms with van der Waals surface area (Å²) in [5.74, 6) is 1.40. The lowest BCUT2D eigenvalue weighted by molar-refractivity contribution is 0.220. The standard InChI is InChI=1S/C12H26O6P2/c1-5-15-19(13,16-6-2)11-9-10-12-20(14,17-7-3)18-8-4/h9,11H,5-8,10,12H2,1-4H3. The van der Waals surface area contributed by atoms with Crippen LogP contribution in [0.4, 0.5) is 0 Å². The molecule has 0 atom stereocenters. The molecule has 0 aromatic rings. The zero-order valence-electron chi connectivity index (χ0n) is 12.7. The highest BCUT2D eigenvalue weighted by Crippen LogP contribution is 2.51. The molecule has 0 aromatic heterocycles. The van der Waals surface area contributed by atoms with Crippen LogP contribution >= 0.6 is 15.2 Å². The van der Waals surface area contributed by atoms with Crippen LogP contribution in [0.15, 0.2) is 11.9 Å². The first-order valence-corrected chi connectivity index (χ1v) is 10.2. The van der Waals surface area contributed by atoms with Crippen LogP contribution < -0.4 is 0 Å². The van der Waals surface area contributed by atoms with Crippen LogP contribution in [-0.4, -0.2) is 32.6 Å². The maximum absolute atomic E-state index is 12.2. The van der Waals surface area contributed by atoms with E-state index in [0.29, 0.717) is 32.8 Å². The second-order valence-corrected chi connectivity index (χ2v) is 7.80. The molecule has 0 heterocycles. The second-order valence-electron chi connectivity index (χ2n) is 3.72. The fourth-order valence-electron chi connectivity index (χ4n) is 1.48. The van der Waals surface area contributed by atoms with Crippen molar-refractivity contribution in [1.29, 1.82) is 0 Å². The van der Waals surface area contributed by atoms with Crippen molar-refractivity contribution in [2.24, 2.45) is 0 Å². The molecule has 6 nitrogen and oxygen atoms in total. The zero-order chi connectivity index (χ0) is 15.5. The lowest BCUT2D eigenvalue weighted by atomic mass is 10.5. The van der Waals surface area contributed by atoms with E-state index in [9.17, 15) is 9.13 Å². The average Bonchev–Trinajstić information content (AvgIpc) is 2.36. The van der Waals surface area contributed by atoms with E-state index in [-0.39, 0.29) is 6.16 Å². The van der Waals surface area contributed by atoms with Crippen LogP contribution in [0.5, 0.6) is 0 Å². The Balaban J connectivity index is 4.47. The first kappa shape index (κ1) is 20.0. The van der Waals surface area contributed by atoms with Gasteiger partial charge in [0.15, 0.2) is 0 Å². The first-order chi connectivity index (χ1) is 9.45. The molecule has 0 bridgehead atoms. The van der Waals surface area contributed by atoms with Crippen molar-refractivity contribution in [3.8, 4) is 0 Å². The minimum Gasteiger partial charge on any atom is -0.309 e. The zero-order valence-corrected chi connectivity index (χ0v) is 14.5. The van der Waals surface area contributed by atoms with Gasteiger partial charge in [0.2, 0.25) is 0 Å². The van der Waals surface area contributed by atoms with Gasteiger partial charge >= 0.3 is 15.2 Å². The first-order valence-electron chi connectivity index (χ1n) is 6.89. The van der Waals surface area contributed by atoms with E-state index in [1.54, 1.807) is 33.8 Å². The van der Waals surface area contributed by atoms with Crippen molar-refractivity contribution < 1.29 is 27.2 Å². The Kier molecular flexibility index (Phi) is 10.7. The van der Waals surface area contributed by atoms with Gasteiger partial charge in [-0.3, -0.25) is 9.13 Å². The molecule has 120 valence electrons. The molecule has 0 unspecified atom stereocenters. The smallest absolute Gasteiger partial charge is 0.309 e. The average molecular weight is 328 g/mol. The lowest BCUT2D eigenvalue weighted by Crippen LogP contribution is -1.99. The Morgan fingerprint density at radius 2 is 1.25 bits per heavy atom. The fraction of sp³-hybridized carbons (Fsp3) is 0.833. The summed E-state index contributed by atoms with van der Waals surface area (Å²) in [6.07, 6.45) is 2.29. The topological polar surface area (TPSA) is 71.1 Å². The maximum Gasteiger partial charge on any atom is 0.353 e. The summed E-state index contributed by atoms with van der Waals surface area (Å²) in [5.41, 5.74) is 0. The quantitative estimate of drug-likeness (QED) is 0.494. The molecule has 0 aliphatic heterocycles. The Morgan fingerprint density at radius 3 is 1.65 bits per heavy atom. The summed E-state index contributed by atoms with van der Waals surface area (Å²) >= 11 is 0. The van der Waals surface area contributed by atoms with Crippen molar-refractivity contribution >= 4 is 15.2 Å². The molecule has 0 radical (unpaired) electrons. The van der Waals surface area contributed by atoms with Crippen molar-refractivity contribution in [3.05, 3.63) is 11.9 Å². The number of allylic oxidation sites excluding steroid dienone is 1. The van der Waals surface area contributed by atoms with E-state index in [4.69, 9.17) is 18.1 Å². The molecule has 0 aliphatic rings. The van der Waals surface area contributed by atoms with Gasteiger partial charge in [-0.25, -0.2) is 0 Å². The maximum atomic E-state index is 12.2. The van der Waals surface area contributed by atoms with Gasteiger partial charge in [0.05, 0.1) is 32.6 Å². The minimum absolute atomic E-state index is 0.240. The van der Waals surface area contributed by atoms with Crippen molar-refractivity contribution in [1.82, 2.24) is 0 Å². The van der Waals surface area contributed by atoms with Gasteiger partial charge < -0.3 is 18.1 Å². The third-order valence-electron chi connectivity index (χ3n) is 2.13. The molecule has 0 spiro atoms. The predicted octanol–water partition coefficient (Wildman–Crippen LogP) is 4.42. The van der Waals surface area contributed by atoms with Gasteiger partial charge in [0, 0.05) is 5.82 Å². The molecule has 20 heavy (non-hydrogen) atoms. The van der Waals surface area contributed by atoms with E-state index >= 15 is 0 Å². The normalized spacial score (nSPS) is 13.2. The van der Waals surface area contributed by atoms with Crippen molar-refractivity contribution in [2.75, 3.05) is 32.6 Å². The molecule has 0 saturated heterocycles. The minimum atomic E-state index is -3.18. The Hall–Kier alpha value is 0.0400. The number of rotatable bonds is 12. The van der Waals surface area contributed by atoms with Gasteiger partial charge in [-0.15, -0.1) is 0 Å². The van der Waals surface area contributed by atoms with Crippen LogP contribution in [0, 0.1) is 0 Å². The molecule has 8 heteroatoms. The van der Waals surface area contributed by atoms with Gasteiger partial charge in [-0.05, 0) is 34.1 Å². The van der Waals surface area contributed by atoms with Crippen LogP contribution in [-0.2, 0) is 27.2 Å². The second kappa shape index (κ2) is 10.7. The van der Waals surface area contributed by atoms with Crippen molar-refractivity contribution in [2.45, 2.75) is 34.1 Å². The third kappa shape index (κ3) is 8.35. The highest BCUT2D eigenvalue weighted by molar-refractivity contribution is 7.57. The third-order valence-corrected chi connectivity index (χ3v) is 6.05. The Labute approximate surface area is 121 Å². The molecule has 0 aromatic carbocycles. The highest BCUT2D eigenvalue weighted by atomic mass is 31.2. The summed E-state index contributed by atoms with van der Waals surface area (Å²) < 4.78 is 44.9. The molecule has 0 amide bonds. The lowest BCUT2D eigenvalue weighted by Gasteiger charge is -2.16. The van der Waals surface area contributed by atoms with Gasteiger partial charge in [0.1, 0.15) is 0 Å². The molecule has 0 rings (SSSR count). The number of hydrogen-bond acceptors (Lipinski definition) is 6. The van der Waals surface area contributed by atoms with E-state index in [1.807, 2.05) is 0 Å². The summed E-state index contributed by atoms with van der Waals surface area (Å²) in [6, 6.07) is 0. The summed E-state index contributed by atoms with van der Waals surface area (Å²) in [5, 5.41) is 0. The summed E-state index contributed by atoms with van der Waals surface area (Å²) in [6.45, 7) is 8.29. The Morgan fingerprint density at radius 1 is 0.800 bits per heavy atom. The molecular weight excluding hydrogens is 302 g/mol. The van der Waals surface area contributed by atoms with Crippen LogP contribution in [0.1, 0.15) is 34.1 Å². The van der Waals surface area contributed by atoms with E-state index < -0.39 is 15.2 Å². The van der Waals surface area contributed by atoms with Crippen molar-refractivity contribution in [3.63, 3.8) is 0 Å². The fourth-order valence-corrected chi connectivity index (χ4v) is 4.44. The molecule has 0 aliphatic carbocycles. The van der Waals surface area contributed by atoms with Crippen LogP contribution in [0.25, 0.3) is 0 Å². The molecular formula is C12H26O6P2. The predicted molar refractivity (Wildman–Crippen MR) is 80.3 cm³/mol. The highest BCUT2D eigenvalue weighted by Gasteiger charge is 2.23. The van der Waals surface area contributed by atoms with Crippen LogP contribution in [0.3, 0.4) is 0 Å². The van der Waals surface area contributed by atoms with Crippen LogP contribution in [0.2, 0.25) is 0 Å². The van der Waals surface area contributed by atoms with Gasteiger partial charge in [-0.2, -0.15) is 0 Å². The van der Waals surface area contributed by atoms with E-state index in [1.165, 1.54) is 5.82 Å². The Bertz CT molecular complexity index is 349. The molecule has 0 saturated carbocycles. The van der Waals surface area contributed by atoms with E-state index in [2.05, 4.69) is 0 Å². The van der Waals surface area contributed by atoms with Gasteiger partial charge in [-0.1, -0.05) is 6.08 Å². The summed E-state index contributed by atoms with van der Waals surface area (Å²) in [7, 11) is -6.24.